The number of hydrogen-bond donors (Lipinski definition) is 0. The summed E-state index contributed by atoms with van der Waals surface area (Å²) in [5.41, 5.74) is 1.04. The lowest BCUT2D eigenvalue weighted by atomic mass is 10.2. The molecule has 1 fully saturated rings. The van der Waals surface area contributed by atoms with Crippen LogP contribution in [0.4, 0.5) is 5.82 Å². The molecule has 1 aromatic rings. The fraction of sp³-hybridized carbons (Fsp3) is 0.636. The molecule has 0 aromatic carbocycles. The van der Waals surface area contributed by atoms with Crippen LogP contribution in [0.25, 0.3) is 0 Å². The number of halogens is 1. The lowest BCUT2D eigenvalue weighted by Gasteiger charge is -2.25. The lowest BCUT2D eigenvalue weighted by molar-refractivity contribution is 0.644. The Bertz CT molecular complexity index is 329. The number of alkyl halides is 1. The molecule has 1 aliphatic rings. The van der Waals surface area contributed by atoms with E-state index in [2.05, 4.69) is 30.8 Å². The van der Waals surface area contributed by atoms with E-state index in [4.69, 9.17) is 0 Å². The normalized spacial score (nSPS) is 20.9. The van der Waals surface area contributed by atoms with E-state index in [-0.39, 0.29) is 0 Å². The highest BCUT2D eigenvalue weighted by Crippen LogP contribution is 2.27. The Morgan fingerprint density at radius 2 is 2.27 bits per heavy atom. The summed E-state index contributed by atoms with van der Waals surface area (Å²) in [4.78, 5) is 11.1. The van der Waals surface area contributed by atoms with E-state index in [0.29, 0.717) is 6.04 Å². The molecule has 0 radical (unpaired) electrons. The highest BCUT2D eigenvalue weighted by molar-refractivity contribution is 9.09. The van der Waals surface area contributed by atoms with Gasteiger partial charge in [-0.3, -0.25) is 4.98 Å². The van der Waals surface area contributed by atoms with E-state index in [1.54, 1.807) is 12.4 Å². The molecule has 4 heteroatoms. The van der Waals surface area contributed by atoms with Crippen LogP contribution in [-0.2, 0) is 0 Å². The number of rotatable bonds is 3. The standard InChI is InChI=1S/C11H16BrN3/c1-9-11(14-7-6-13-9)15-8-2-3-10(15)4-5-12/h6-7,10H,2-5,8H2,1H3. The first kappa shape index (κ1) is 10.9. The van der Waals surface area contributed by atoms with Crippen LogP contribution in [0, 0.1) is 6.92 Å². The van der Waals surface area contributed by atoms with Crippen LogP contribution >= 0.6 is 15.9 Å². The second-order valence-corrected chi connectivity index (χ2v) is 4.73. The second kappa shape index (κ2) is 4.92. The van der Waals surface area contributed by atoms with Gasteiger partial charge in [-0.1, -0.05) is 15.9 Å². The maximum Gasteiger partial charge on any atom is 0.150 e. The third-order valence-electron chi connectivity index (χ3n) is 2.95. The summed E-state index contributed by atoms with van der Waals surface area (Å²) in [7, 11) is 0. The zero-order valence-electron chi connectivity index (χ0n) is 8.99. The zero-order valence-corrected chi connectivity index (χ0v) is 10.6. The first-order valence-electron chi connectivity index (χ1n) is 5.43. The highest BCUT2D eigenvalue weighted by atomic mass is 79.9. The average molecular weight is 270 g/mol. The average Bonchev–Trinajstić information content (AvgIpc) is 2.67. The van der Waals surface area contributed by atoms with Crippen molar-refractivity contribution in [1.29, 1.82) is 0 Å². The molecular formula is C11H16BrN3. The van der Waals surface area contributed by atoms with Gasteiger partial charge in [0.15, 0.2) is 0 Å². The predicted molar refractivity (Wildman–Crippen MR) is 65.5 cm³/mol. The van der Waals surface area contributed by atoms with Crippen LogP contribution in [0.2, 0.25) is 0 Å². The molecule has 0 spiro atoms. The molecular weight excluding hydrogens is 254 g/mol. The second-order valence-electron chi connectivity index (χ2n) is 3.93. The molecule has 1 saturated heterocycles. The van der Waals surface area contributed by atoms with Crippen molar-refractivity contribution in [3.63, 3.8) is 0 Å². The Labute approximate surface area is 99.0 Å². The number of aryl methyl sites for hydroxylation is 1. The molecule has 0 amide bonds. The minimum Gasteiger partial charge on any atom is -0.352 e. The Balaban J connectivity index is 2.19. The van der Waals surface area contributed by atoms with Crippen molar-refractivity contribution in [2.24, 2.45) is 0 Å². The van der Waals surface area contributed by atoms with Gasteiger partial charge in [0.05, 0.1) is 5.69 Å². The SMILES string of the molecule is Cc1nccnc1N1CCCC1CCBr. The maximum atomic E-state index is 4.44. The van der Waals surface area contributed by atoms with Gasteiger partial charge < -0.3 is 4.90 Å². The Hall–Kier alpha value is -0.640. The molecule has 3 nitrogen and oxygen atoms in total. The Kier molecular flexibility index (Phi) is 3.57. The van der Waals surface area contributed by atoms with E-state index >= 15 is 0 Å². The molecule has 2 rings (SSSR count). The van der Waals surface area contributed by atoms with Crippen molar-refractivity contribution in [2.75, 3.05) is 16.8 Å². The minimum absolute atomic E-state index is 0.639. The van der Waals surface area contributed by atoms with Gasteiger partial charge >= 0.3 is 0 Å². The van der Waals surface area contributed by atoms with Crippen molar-refractivity contribution >= 4 is 21.7 Å². The quantitative estimate of drug-likeness (QED) is 0.790. The maximum absolute atomic E-state index is 4.44. The first-order chi connectivity index (χ1) is 7.33. The summed E-state index contributed by atoms with van der Waals surface area (Å²) >= 11 is 3.52. The summed E-state index contributed by atoms with van der Waals surface area (Å²) in [5, 5.41) is 1.06. The Morgan fingerprint density at radius 3 is 3.00 bits per heavy atom. The van der Waals surface area contributed by atoms with Gasteiger partial charge in [0, 0.05) is 30.3 Å². The van der Waals surface area contributed by atoms with Crippen LogP contribution in [0.15, 0.2) is 12.4 Å². The molecule has 82 valence electrons. The molecule has 0 saturated carbocycles. The zero-order chi connectivity index (χ0) is 10.7. The van der Waals surface area contributed by atoms with Gasteiger partial charge in [0.1, 0.15) is 5.82 Å². The summed E-state index contributed by atoms with van der Waals surface area (Å²) in [6, 6.07) is 0.639. The fourth-order valence-electron chi connectivity index (χ4n) is 2.22. The summed E-state index contributed by atoms with van der Waals surface area (Å²) in [6.45, 7) is 3.16. The first-order valence-corrected chi connectivity index (χ1v) is 6.55. The largest absolute Gasteiger partial charge is 0.352 e. The van der Waals surface area contributed by atoms with Crippen molar-refractivity contribution in [3.8, 4) is 0 Å². The van der Waals surface area contributed by atoms with Gasteiger partial charge in [-0.15, -0.1) is 0 Å². The van der Waals surface area contributed by atoms with Crippen molar-refractivity contribution in [1.82, 2.24) is 9.97 Å². The van der Waals surface area contributed by atoms with Crippen LogP contribution in [0.3, 0.4) is 0 Å². The number of aromatic nitrogens is 2. The summed E-state index contributed by atoms with van der Waals surface area (Å²) in [6.07, 6.45) is 7.28. The molecule has 0 N–H and O–H groups in total. The van der Waals surface area contributed by atoms with Gasteiger partial charge in [-0.2, -0.15) is 0 Å². The number of nitrogens with zero attached hydrogens (tertiary/aromatic N) is 3. The van der Waals surface area contributed by atoms with Gasteiger partial charge in [0.25, 0.3) is 0 Å². The molecule has 15 heavy (non-hydrogen) atoms. The molecule has 1 aromatic heterocycles. The van der Waals surface area contributed by atoms with Gasteiger partial charge in [-0.05, 0) is 26.2 Å². The Morgan fingerprint density at radius 1 is 1.47 bits per heavy atom. The van der Waals surface area contributed by atoms with E-state index in [0.717, 1.165) is 23.4 Å². The lowest BCUT2D eigenvalue weighted by Crippen LogP contribution is -2.31. The fourth-order valence-corrected chi connectivity index (χ4v) is 2.75. The third-order valence-corrected chi connectivity index (χ3v) is 3.40. The molecule has 1 unspecified atom stereocenters. The molecule has 1 atom stereocenters. The number of anilines is 1. The summed E-state index contributed by atoms with van der Waals surface area (Å²) < 4.78 is 0. The van der Waals surface area contributed by atoms with Crippen molar-refractivity contribution in [3.05, 3.63) is 18.1 Å². The van der Waals surface area contributed by atoms with Gasteiger partial charge in [-0.25, -0.2) is 4.98 Å². The van der Waals surface area contributed by atoms with Crippen molar-refractivity contribution in [2.45, 2.75) is 32.2 Å². The topological polar surface area (TPSA) is 29.0 Å². The monoisotopic (exact) mass is 269 g/mol. The van der Waals surface area contributed by atoms with Crippen LogP contribution in [0.1, 0.15) is 25.0 Å². The van der Waals surface area contributed by atoms with E-state index < -0.39 is 0 Å². The van der Waals surface area contributed by atoms with Crippen LogP contribution < -0.4 is 4.90 Å². The van der Waals surface area contributed by atoms with E-state index in [1.807, 2.05) is 6.92 Å². The minimum atomic E-state index is 0.639. The van der Waals surface area contributed by atoms with E-state index in [1.165, 1.54) is 19.3 Å². The van der Waals surface area contributed by atoms with E-state index in [9.17, 15) is 0 Å². The molecule has 0 bridgehead atoms. The van der Waals surface area contributed by atoms with Crippen LogP contribution in [-0.4, -0.2) is 27.9 Å². The van der Waals surface area contributed by atoms with Crippen LogP contribution in [0.5, 0.6) is 0 Å². The van der Waals surface area contributed by atoms with Crippen molar-refractivity contribution < 1.29 is 0 Å². The third kappa shape index (κ3) is 2.30. The molecule has 0 aliphatic carbocycles. The number of hydrogen-bond acceptors (Lipinski definition) is 3. The molecule has 1 aliphatic heterocycles. The molecule has 2 heterocycles. The summed E-state index contributed by atoms with van der Waals surface area (Å²) in [5.74, 6) is 1.07. The highest BCUT2D eigenvalue weighted by Gasteiger charge is 2.26. The van der Waals surface area contributed by atoms with Gasteiger partial charge in [0.2, 0.25) is 0 Å². The smallest absolute Gasteiger partial charge is 0.150 e. The predicted octanol–water partition coefficient (Wildman–Crippen LogP) is 2.54.